The molecule has 0 radical (unpaired) electrons. The van der Waals surface area contributed by atoms with E-state index in [0.29, 0.717) is 5.92 Å². The zero-order valence-corrected chi connectivity index (χ0v) is 10.2. The topological polar surface area (TPSA) is 61.4 Å². The number of carbonyl (C=O) groups is 1. The summed E-state index contributed by atoms with van der Waals surface area (Å²) in [5, 5.41) is 14.2. The molecule has 0 aromatic carbocycles. The fraction of sp³-hybridized carbons (Fsp3) is 0.909. The molecule has 0 fully saturated rings. The maximum absolute atomic E-state index is 11.3. The zero-order valence-electron chi connectivity index (χ0n) is 10.2. The van der Waals surface area contributed by atoms with Crippen molar-refractivity contribution in [2.45, 2.75) is 52.6 Å². The van der Waals surface area contributed by atoms with E-state index in [9.17, 15) is 4.79 Å². The van der Waals surface area contributed by atoms with Crippen molar-refractivity contribution in [1.29, 1.82) is 0 Å². The van der Waals surface area contributed by atoms with Crippen molar-refractivity contribution >= 4 is 6.03 Å². The Morgan fingerprint density at radius 1 is 1.07 bits per heavy atom. The molecule has 3 N–H and O–H groups in total. The van der Waals surface area contributed by atoms with E-state index in [4.69, 9.17) is 5.11 Å². The van der Waals surface area contributed by atoms with Crippen molar-refractivity contribution in [3.63, 3.8) is 0 Å². The third-order valence-electron chi connectivity index (χ3n) is 2.21. The summed E-state index contributed by atoms with van der Waals surface area (Å²) < 4.78 is 0. The highest BCUT2D eigenvalue weighted by Gasteiger charge is 2.09. The summed E-state index contributed by atoms with van der Waals surface area (Å²) in [6, 6.07) is -0.214. The molecular weight excluding hydrogens is 192 g/mol. The molecule has 2 atom stereocenters. The largest absolute Gasteiger partial charge is 0.394 e. The van der Waals surface area contributed by atoms with E-state index in [1.807, 2.05) is 6.92 Å². The van der Waals surface area contributed by atoms with E-state index >= 15 is 0 Å². The highest BCUT2D eigenvalue weighted by atomic mass is 16.3. The molecule has 4 nitrogen and oxygen atoms in total. The molecule has 0 saturated heterocycles. The molecule has 0 aromatic heterocycles. The molecule has 0 aliphatic heterocycles. The van der Waals surface area contributed by atoms with Gasteiger partial charge in [-0.15, -0.1) is 0 Å². The van der Waals surface area contributed by atoms with Gasteiger partial charge in [-0.25, -0.2) is 4.79 Å². The lowest BCUT2D eigenvalue weighted by atomic mass is 10.0. The van der Waals surface area contributed by atoms with Crippen molar-refractivity contribution in [3.05, 3.63) is 0 Å². The van der Waals surface area contributed by atoms with Gasteiger partial charge in [-0.3, -0.25) is 0 Å². The van der Waals surface area contributed by atoms with Crippen LogP contribution in [0.25, 0.3) is 0 Å². The maximum atomic E-state index is 11.3. The van der Waals surface area contributed by atoms with Crippen LogP contribution in [-0.2, 0) is 0 Å². The van der Waals surface area contributed by atoms with Crippen molar-refractivity contribution in [2.24, 2.45) is 5.92 Å². The normalized spacial score (nSPS) is 14.8. The van der Waals surface area contributed by atoms with Gasteiger partial charge in [0.15, 0.2) is 0 Å². The maximum Gasteiger partial charge on any atom is 0.315 e. The number of amides is 2. The van der Waals surface area contributed by atoms with Crippen LogP contribution in [0, 0.1) is 5.92 Å². The predicted molar refractivity (Wildman–Crippen MR) is 61.7 cm³/mol. The summed E-state index contributed by atoms with van der Waals surface area (Å²) in [6.07, 6.45) is 2.09. The third kappa shape index (κ3) is 8.24. The molecule has 15 heavy (non-hydrogen) atoms. The summed E-state index contributed by atoms with van der Waals surface area (Å²) in [5.74, 6) is 0.661. The van der Waals surface area contributed by atoms with Crippen molar-refractivity contribution in [1.82, 2.24) is 10.6 Å². The summed E-state index contributed by atoms with van der Waals surface area (Å²) >= 11 is 0. The molecule has 4 heteroatoms. The Bertz CT molecular complexity index is 183. The van der Waals surface area contributed by atoms with Crippen LogP contribution >= 0.6 is 0 Å². The second-order valence-electron chi connectivity index (χ2n) is 4.57. The standard InChI is InChI=1S/C11H24N2O2/c1-8(2)5-6-9(3)12-11(15)13-10(4)7-14/h8-10,14H,5-7H2,1-4H3,(H2,12,13,15). The van der Waals surface area contributed by atoms with Crippen molar-refractivity contribution in [3.8, 4) is 0 Å². The molecule has 2 amide bonds. The first-order valence-corrected chi connectivity index (χ1v) is 5.63. The van der Waals surface area contributed by atoms with E-state index in [0.717, 1.165) is 12.8 Å². The van der Waals surface area contributed by atoms with E-state index in [-0.39, 0.29) is 24.7 Å². The number of hydrogen-bond donors (Lipinski definition) is 3. The van der Waals surface area contributed by atoms with Gasteiger partial charge >= 0.3 is 6.03 Å². The minimum Gasteiger partial charge on any atom is -0.394 e. The first-order valence-electron chi connectivity index (χ1n) is 5.63. The lowest BCUT2D eigenvalue weighted by molar-refractivity contribution is 0.217. The monoisotopic (exact) mass is 216 g/mol. The van der Waals surface area contributed by atoms with Crippen molar-refractivity contribution in [2.75, 3.05) is 6.61 Å². The molecule has 0 rings (SSSR count). The molecule has 0 saturated carbocycles. The van der Waals surface area contributed by atoms with Crippen LogP contribution in [0.15, 0.2) is 0 Å². The van der Waals surface area contributed by atoms with E-state index < -0.39 is 0 Å². The number of aliphatic hydroxyl groups excluding tert-OH is 1. The van der Waals surface area contributed by atoms with Gasteiger partial charge in [0.2, 0.25) is 0 Å². The summed E-state index contributed by atoms with van der Waals surface area (Å²) in [6.45, 7) is 8.05. The van der Waals surface area contributed by atoms with Gasteiger partial charge in [-0.1, -0.05) is 13.8 Å². The number of aliphatic hydroxyl groups is 1. The van der Waals surface area contributed by atoms with Crippen LogP contribution in [0.2, 0.25) is 0 Å². The van der Waals surface area contributed by atoms with Gasteiger partial charge < -0.3 is 15.7 Å². The lowest BCUT2D eigenvalue weighted by Crippen LogP contribution is -2.45. The summed E-state index contributed by atoms with van der Waals surface area (Å²) in [7, 11) is 0. The highest BCUT2D eigenvalue weighted by molar-refractivity contribution is 5.74. The van der Waals surface area contributed by atoms with Crippen molar-refractivity contribution < 1.29 is 9.90 Å². The Morgan fingerprint density at radius 3 is 2.07 bits per heavy atom. The van der Waals surface area contributed by atoms with Crippen LogP contribution in [0.5, 0.6) is 0 Å². The van der Waals surface area contributed by atoms with Crippen LogP contribution in [0.1, 0.15) is 40.5 Å². The molecule has 0 spiro atoms. The summed E-state index contributed by atoms with van der Waals surface area (Å²) in [4.78, 5) is 11.3. The minimum atomic E-state index is -0.201. The van der Waals surface area contributed by atoms with Crippen LogP contribution < -0.4 is 10.6 Å². The van der Waals surface area contributed by atoms with Crippen LogP contribution in [-0.4, -0.2) is 29.8 Å². The van der Waals surface area contributed by atoms with Crippen LogP contribution in [0.4, 0.5) is 4.79 Å². The predicted octanol–water partition coefficient (Wildman–Crippen LogP) is 1.49. The Balaban J connectivity index is 3.66. The Labute approximate surface area is 92.4 Å². The van der Waals surface area contributed by atoms with Gasteiger partial charge in [0.1, 0.15) is 0 Å². The smallest absolute Gasteiger partial charge is 0.315 e. The minimum absolute atomic E-state index is 0.0339. The van der Waals surface area contributed by atoms with Gasteiger partial charge in [0, 0.05) is 6.04 Å². The fourth-order valence-corrected chi connectivity index (χ4v) is 1.19. The molecule has 2 unspecified atom stereocenters. The Morgan fingerprint density at radius 2 is 1.60 bits per heavy atom. The third-order valence-corrected chi connectivity index (χ3v) is 2.21. The molecular formula is C11H24N2O2. The number of urea groups is 1. The molecule has 0 aliphatic carbocycles. The average Bonchev–Trinajstić information content (AvgIpc) is 2.14. The average molecular weight is 216 g/mol. The molecule has 0 aromatic rings. The first-order chi connectivity index (χ1) is 6.95. The summed E-state index contributed by atoms with van der Waals surface area (Å²) in [5.41, 5.74) is 0. The van der Waals surface area contributed by atoms with Crippen LogP contribution in [0.3, 0.4) is 0 Å². The van der Waals surface area contributed by atoms with E-state index in [2.05, 4.69) is 24.5 Å². The Hall–Kier alpha value is -0.770. The van der Waals surface area contributed by atoms with E-state index in [1.54, 1.807) is 6.92 Å². The second-order valence-corrected chi connectivity index (χ2v) is 4.57. The van der Waals surface area contributed by atoms with Gasteiger partial charge in [0.25, 0.3) is 0 Å². The Kier molecular flexibility index (Phi) is 7.13. The zero-order chi connectivity index (χ0) is 11.8. The van der Waals surface area contributed by atoms with Gasteiger partial charge in [-0.05, 0) is 32.6 Å². The fourth-order valence-electron chi connectivity index (χ4n) is 1.19. The molecule has 0 heterocycles. The molecule has 0 aliphatic rings. The quantitative estimate of drug-likeness (QED) is 0.630. The lowest BCUT2D eigenvalue weighted by Gasteiger charge is -2.17. The number of carbonyl (C=O) groups excluding carboxylic acids is 1. The van der Waals surface area contributed by atoms with Gasteiger partial charge in [0.05, 0.1) is 12.6 Å². The highest BCUT2D eigenvalue weighted by Crippen LogP contribution is 2.06. The first kappa shape index (κ1) is 14.2. The number of hydrogen-bond acceptors (Lipinski definition) is 2. The molecule has 0 bridgehead atoms. The van der Waals surface area contributed by atoms with Gasteiger partial charge in [-0.2, -0.15) is 0 Å². The molecule has 90 valence electrons. The number of rotatable bonds is 6. The number of nitrogens with one attached hydrogen (secondary N) is 2. The second kappa shape index (κ2) is 7.51. The van der Waals surface area contributed by atoms with E-state index in [1.165, 1.54) is 0 Å². The SMILES string of the molecule is CC(C)CCC(C)NC(=O)NC(C)CO.